The zero-order valence-electron chi connectivity index (χ0n) is 19.0. The van der Waals surface area contributed by atoms with Gasteiger partial charge in [-0.2, -0.15) is 0 Å². The number of amides is 1. The first kappa shape index (κ1) is 30.8. The van der Waals surface area contributed by atoms with Gasteiger partial charge in [0, 0.05) is 25.3 Å². The summed E-state index contributed by atoms with van der Waals surface area (Å²) in [6, 6.07) is 6.56. The molecule has 1 aliphatic heterocycles. The van der Waals surface area contributed by atoms with Gasteiger partial charge in [-0.25, -0.2) is 18.5 Å². The van der Waals surface area contributed by atoms with Gasteiger partial charge < -0.3 is 44.3 Å². The second kappa shape index (κ2) is 12.9. The second-order valence-electron chi connectivity index (χ2n) is 7.82. The third-order valence-corrected chi connectivity index (χ3v) is 6.51. The third kappa shape index (κ3) is 11.8. The van der Waals surface area contributed by atoms with Gasteiger partial charge >= 0.3 is 29.6 Å². The molecule has 2 bridgehead atoms. The molecule has 0 spiro atoms. The number of nitrogens with one attached hydrogen (secondary N) is 1. The third-order valence-electron chi connectivity index (χ3n) is 4.83. The van der Waals surface area contributed by atoms with Crippen molar-refractivity contribution in [3.63, 3.8) is 0 Å². The second-order valence-corrected chi connectivity index (χ2v) is 11.4. The summed E-state index contributed by atoms with van der Waals surface area (Å²) in [5.41, 5.74) is 1.05. The molecule has 0 unspecified atom stereocenters. The van der Waals surface area contributed by atoms with Gasteiger partial charge in [-0.1, -0.05) is 12.1 Å². The quantitative estimate of drug-likeness (QED) is 0.191. The molecule has 206 valence electrons. The van der Waals surface area contributed by atoms with E-state index in [1.165, 1.54) is 0 Å². The largest absolute Gasteiger partial charge is 0.470 e. The normalized spacial score (nSPS) is 18.8. The van der Waals surface area contributed by atoms with Gasteiger partial charge in [0.05, 0.1) is 6.10 Å². The number of phosphoric ester groups is 3. The molecular weight excluding hydrogens is 549 g/mol. The maximum Gasteiger partial charge on any atom is 0.470 e. The average molecular weight is 578 g/mol. The van der Waals surface area contributed by atoms with E-state index in [0.717, 1.165) is 6.92 Å². The molecule has 1 aromatic rings. The SMILES string of the molecule is C[C@@H](OP(=O)(O)O)[C@@H](OP(=O)(O)O)[C@@H](CN1CCCCNC(=O)OCc2cccc1c2)OP(=O)(O)O. The first-order chi connectivity index (χ1) is 16.5. The fourth-order valence-corrected chi connectivity index (χ4v) is 5.19. The highest BCUT2D eigenvalue weighted by molar-refractivity contribution is 7.47. The lowest BCUT2D eigenvalue weighted by Crippen LogP contribution is -2.47. The van der Waals surface area contributed by atoms with E-state index in [1.54, 1.807) is 29.2 Å². The van der Waals surface area contributed by atoms with E-state index < -0.39 is 54.4 Å². The van der Waals surface area contributed by atoms with Gasteiger partial charge in [0.15, 0.2) is 0 Å². The number of nitrogens with zero attached hydrogens (tertiary/aromatic N) is 1. The maximum absolute atomic E-state index is 11.7. The summed E-state index contributed by atoms with van der Waals surface area (Å²) < 4.78 is 53.7. The summed E-state index contributed by atoms with van der Waals surface area (Å²) in [5, 5.41) is 2.57. The lowest BCUT2D eigenvalue weighted by atomic mass is 10.1. The van der Waals surface area contributed by atoms with Crippen LogP contribution in [-0.2, 0) is 38.6 Å². The Hall–Kier alpha value is -1.38. The maximum atomic E-state index is 11.7. The number of rotatable bonds is 10. The van der Waals surface area contributed by atoms with Crippen LogP contribution in [0.5, 0.6) is 0 Å². The summed E-state index contributed by atoms with van der Waals surface area (Å²) in [5.74, 6) is 0. The monoisotopic (exact) mass is 578 g/mol. The summed E-state index contributed by atoms with van der Waals surface area (Å²) in [4.78, 5) is 69.2. The van der Waals surface area contributed by atoms with Gasteiger partial charge in [-0.15, -0.1) is 0 Å². The van der Waals surface area contributed by atoms with Crippen LogP contribution in [0.1, 0.15) is 25.3 Å². The van der Waals surface area contributed by atoms with E-state index in [1.807, 2.05) is 0 Å². The highest BCUT2D eigenvalue weighted by Gasteiger charge is 2.41. The molecule has 0 aromatic heterocycles. The first-order valence-corrected chi connectivity index (χ1v) is 15.1. The summed E-state index contributed by atoms with van der Waals surface area (Å²) in [6.07, 6.45) is -5.31. The van der Waals surface area contributed by atoms with Crippen LogP contribution < -0.4 is 10.2 Å². The zero-order chi connectivity index (χ0) is 27.1. The van der Waals surface area contributed by atoms with Crippen molar-refractivity contribution in [2.45, 2.75) is 44.7 Å². The lowest BCUT2D eigenvalue weighted by Gasteiger charge is -2.36. The number of alkyl carbamates (subject to hydrolysis) is 1. The number of benzene rings is 1. The molecule has 1 heterocycles. The van der Waals surface area contributed by atoms with Crippen LogP contribution >= 0.6 is 23.5 Å². The van der Waals surface area contributed by atoms with E-state index in [4.69, 9.17) is 19.0 Å². The zero-order valence-corrected chi connectivity index (χ0v) is 21.7. The average Bonchev–Trinajstić information content (AvgIpc) is 2.71. The van der Waals surface area contributed by atoms with Crippen molar-refractivity contribution in [3.05, 3.63) is 29.8 Å². The molecule has 36 heavy (non-hydrogen) atoms. The predicted octanol–water partition coefficient (Wildman–Crippen LogP) is 0.967. The van der Waals surface area contributed by atoms with Gasteiger partial charge in [-0.05, 0) is 37.5 Å². The van der Waals surface area contributed by atoms with Crippen LogP contribution in [-0.4, -0.2) is 73.4 Å². The number of carbonyl (C=O) groups excluding carboxylic acids is 1. The van der Waals surface area contributed by atoms with Gasteiger partial charge in [0.2, 0.25) is 0 Å². The van der Waals surface area contributed by atoms with Crippen molar-refractivity contribution in [1.82, 2.24) is 5.32 Å². The molecule has 0 saturated carbocycles. The minimum atomic E-state index is -5.36. The van der Waals surface area contributed by atoms with E-state index in [0.29, 0.717) is 24.1 Å². The molecule has 16 nitrogen and oxygen atoms in total. The highest BCUT2D eigenvalue weighted by Crippen LogP contribution is 2.47. The van der Waals surface area contributed by atoms with Crippen LogP contribution in [0, 0.1) is 0 Å². The number of fused-ring (bicyclic) bond motifs is 2. The summed E-state index contributed by atoms with van der Waals surface area (Å²) in [6.45, 7) is 0.985. The minimum absolute atomic E-state index is 0.0764. The molecule has 7 N–H and O–H groups in total. The van der Waals surface area contributed by atoms with Crippen LogP contribution in [0.15, 0.2) is 24.3 Å². The number of anilines is 1. The molecule has 0 saturated heterocycles. The highest BCUT2D eigenvalue weighted by atomic mass is 31.2. The number of cyclic esters (lactones) is 1. The number of hydrogen-bond acceptors (Lipinski definition) is 9. The standard InChI is InChI=1S/C17H29N2O14P3/c1-12(31-34(21,22)23)16(33-36(27,28)29)15(32-35(24,25)26)10-19-8-3-2-7-18-17(20)30-11-13-5-4-6-14(19)9-13/h4-6,9,12,15-16H,2-3,7-8,10-11H2,1H3,(H,18,20)(H2,21,22,23)(H2,24,25,26)(H2,27,28,29)/t12-,15-,16-/m1/s1. The molecule has 1 aromatic carbocycles. The lowest BCUT2D eigenvalue weighted by molar-refractivity contribution is -0.0426. The van der Waals surface area contributed by atoms with Gasteiger partial charge in [0.25, 0.3) is 0 Å². The Morgan fingerprint density at radius 2 is 1.64 bits per heavy atom. The molecule has 1 aliphatic rings. The molecule has 0 radical (unpaired) electrons. The van der Waals surface area contributed by atoms with E-state index in [-0.39, 0.29) is 19.7 Å². The number of phosphoric acid groups is 3. The number of hydrogen-bond donors (Lipinski definition) is 7. The fourth-order valence-electron chi connectivity index (χ4n) is 3.47. The molecule has 1 amide bonds. The predicted molar refractivity (Wildman–Crippen MR) is 123 cm³/mol. The van der Waals surface area contributed by atoms with E-state index in [9.17, 15) is 38.1 Å². The van der Waals surface area contributed by atoms with Gasteiger partial charge in [-0.3, -0.25) is 13.6 Å². The minimum Gasteiger partial charge on any atom is -0.445 e. The Morgan fingerprint density at radius 3 is 2.25 bits per heavy atom. The smallest absolute Gasteiger partial charge is 0.445 e. The van der Waals surface area contributed by atoms with Crippen molar-refractivity contribution < 1.29 is 66.2 Å². The van der Waals surface area contributed by atoms with Crippen molar-refractivity contribution >= 4 is 35.2 Å². The van der Waals surface area contributed by atoms with E-state index >= 15 is 0 Å². The Kier molecular flexibility index (Phi) is 11.1. The van der Waals surface area contributed by atoms with Crippen LogP contribution in [0.25, 0.3) is 0 Å². The van der Waals surface area contributed by atoms with Crippen molar-refractivity contribution in [1.29, 1.82) is 0 Å². The Morgan fingerprint density at radius 1 is 1.00 bits per heavy atom. The van der Waals surface area contributed by atoms with Crippen molar-refractivity contribution in [3.8, 4) is 0 Å². The number of carbonyl (C=O) groups is 1. The molecule has 19 heteroatoms. The first-order valence-electron chi connectivity index (χ1n) is 10.5. The van der Waals surface area contributed by atoms with Crippen LogP contribution in [0.3, 0.4) is 0 Å². The molecule has 0 aliphatic carbocycles. The summed E-state index contributed by atoms with van der Waals surface area (Å²) in [7, 11) is -15.9. The fraction of sp³-hybridized carbons (Fsp3) is 0.588. The molecule has 3 atom stereocenters. The molecule has 0 fully saturated rings. The Bertz CT molecular complexity index is 1020. The van der Waals surface area contributed by atoms with Gasteiger partial charge in [0.1, 0.15) is 18.8 Å². The van der Waals surface area contributed by atoms with Crippen molar-refractivity contribution in [2.24, 2.45) is 0 Å². The van der Waals surface area contributed by atoms with Crippen LogP contribution in [0.4, 0.5) is 10.5 Å². The van der Waals surface area contributed by atoms with Crippen LogP contribution in [0.2, 0.25) is 0 Å². The Balaban J connectivity index is 2.46. The summed E-state index contributed by atoms with van der Waals surface area (Å²) >= 11 is 0. The van der Waals surface area contributed by atoms with E-state index in [2.05, 4.69) is 14.4 Å². The number of ether oxygens (including phenoxy) is 1. The molecular formula is C17H29N2O14P3. The molecule has 2 rings (SSSR count). The topological polar surface area (TPSA) is 242 Å². The van der Waals surface area contributed by atoms with Crippen molar-refractivity contribution in [2.75, 3.05) is 24.5 Å². The Labute approximate surface area is 206 Å².